The normalized spacial score (nSPS) is 14.5. The van der Waals surface area contributed by atoms with Gasteiger partial charge in [-0.1, -0.05) is 6.92 Å². The molecule has 5 nitrogen and oxygen atoms in total. The fraction of sp³-hybridized carbons (Fsp3) is 0.636. The Morgan fingerprint density at radius 3 is 2.62 bits per heavy atom. The molecular formula is C11H19N3O2. The first kappa shape index (κ1) is 12.9. The average Bonchev–Trinajstić information content (AvgIpc) is 2.29. The van der Waals surface area contributed by atoms with Crippen molar-refractivity contribution in [3.8, 4) is 5.88 Å². The Balaban J connectivity index is 2.68. The summed E-state index contributed by atoms with van der Waals surface area (Å²) < 4.78 is 10.2. The molecule has 1 aromatic heterocycles. The van der Waals surface area contributed by atoms with E-state index in [1.807, 2.05) is 0 Å². The quantitative estimate of drug-likeness (QED) is 0.786. The summed E-state index contributed by atoms with van der Waals surface area (Å²) in [5.74, 6) is 0.881. The molecule has 0 aliphatic carbocycles. The summed E-state index contributed by atoms with van der Waals surface area (Å²) in [7, 11) is 3.25. The lowest BCUT2D eigenvalue weighted by Gasteiger charge is -2.17. The highest BCUT2D eigenvalue weighted by atomic mass is 16.5. The van der Waals surface area contributed by atoms with Gasteiger partial charge in [0.2, 0.25) is 5.88 Å². The van der Waals surface area contributed by atoms with E-state index in [0.29, 0.717) is 24.1 Å². The van der Waals surface area contributed by atoms with Crippen LogP contribution in [0.4, 0.5) is 0 Å². The summed E-state index contributed by atoms with van der Waals surface area (Å²) in [6.45, 7) is 2.78. The Kier molecular flexibility index (Phi) is 5.14. The molecule has 2 unspecified atom stereocenters. The molecule has 0 spiro atoms. The lowest BCUT2D eigenvalue weighted by molar-refractivity contribution is 0.151. The molecule has 0 radical (unpaired) electrons. The van der Waals surface area contributed by atoms with Crippen LogP contribution in [0.25, 0.3) is 0 Å². The van der Waals surface area contributed by atoms with Crippen LogP contribution in [0, 0.1) is 5.92 Å². The molecule has 0 bridgehead atoms. The monoisotopic (exact) mass is 225 g/mol. The van der Waals surface area contributed by atoms with Crippen molar-refractivity contribution in [1.29, 1.82) is 0 Å². The average molecular weight is 225 g/mol. The summed E-state index contributed by atoms with van der Waals surface area (Å²) in [6, 6.07) is -0.172. The third-order valence-corrected chi connectivity index (χ3v) is 2.34. The van der Waals surface area contributed by atoms with Crippen LogP contribution in [-0.2, 0) is 4.74 Å². The Labute approximate surface area is 96.0 Å². The molecule has 90 valence electrons. The van der Waals surface area contributed by atoms with E-state index in [0.717, 1.165) is 6.42 Å². The third kappa shape index (κ3) is 3.43. The highest BCUT2D eigenvalue weighted by molar-refractivity contribution is 5.20. The Morgan fingerprint density at radius 2 is 2.00 bits per heavy atom. The number of methoxy groups -OCH3 is 2. The number of hydrogen-bond donors (Lipinski definition) is 1. The molecule has 16 heavy (non-hydrogen) atoms. The van der Waals surface area contributed by atoms with Gasteiger partial charge in [0, 0.05) is 26.1 Å². The van der Waals surface area contributed by atoms with Gasteiger partial charge < -0.3 is 15.2 Å². The second-order valence-electron chi connectivity index (χ2n) is 3.85. The predicted molar refractivity (Wildman–Crippen MR) is 61.2 cm³/mol. The molecule has 0 saturated heterocycles. The van der Waals surface area contributed by atoms with Crippen LogP contribution in [0.15, 0.2) is 12.4 Å². The van der Waals surface area contributed by atoms with Crippen LogP contribution in [0.5, 0.6) is 5.88 Å². The van der Waals surface area contributed by atoms with Gasteiger partial charge >= 0.3 is 0 Å². The van der Waals surface area contributed by atoms with E-state index in [9.17, 15) is 0 Å². The van der Waals surface area contributed by atoms with E-state index in [-0.39, 0.29) is 6.04 Å². The molecule has 0 fully saturated rings. The molecule has 0 aromatic carbocycles. The van der Waals surface area contributed by atoms with Gasteiger partial charge in [-0.25, -0.2) is 4.98 Å². The number of aromatic nitrogens is 2. The summed E-state index contributed by atoms with van der Waals surface area (Å²) in [4.78, 5) is 8.28. The minimum atomic E-state index is -0.172. The summed E-state index contributed by atoms with van der Waals surface area (Å²) >= 11 is 0. The highest BCUT2D eigenvalue weighted by Crippen LogP contribution is 2.23. The lowest BCUT2D eigenvalue weighted by atomic mass is 10.0. The van der Waals surface area contributed by atoms with Crippen molar-refractivity contribution in [2.75, 3.05) is 20.8 Å². The molecule has 2 atom stereocenters. The lowest BCUT2D eigenvalue weighted by Crippen LogP contribution is -2.19. The predicted octanol–water partition coefficient (Wildman–Crippen LogP) is 1.16. The number of ether oxygens (including phenoxy) is 2. The maximum atomic E-state index is 6.06. The van der Waals surface area contributed by atoms with Gasteiger partial charge in [-0.3, -0.25) is 4.98 Å². The molecular weight excluding hydrogens is 206 g/mol. The van der Waals surface area contributed by atoms with E-state index < -0.39 is 0 Å². The number of nitrogens with two attached hydrogens (primary N) is 1. The van der Waals surface area contributed by atoms with E-state index in [1.54, 1.807) is 26.6 Å². The second kappa shape index (κ2) is 6.40. The zero-order valence-electron chi connectivity index (χ0n) is 10.0. The molecule has 1 heterocycles. The van der Waals surface area contributed by atoms with Crippen LogP contribution >= 0.6 is 0 Å². The van der Waals surface area contributed by atoms with Crippen molar-refractivity contribution >= 4 is 0 Å². The second-order valence-corrected chi connectivity index (χ2v) is 3.85. The number of hydrogen-bond acceptors (Lipinski definition) is 5. The van der Waals surface area contributed by atoms with Gasteiger partial charge in [0.15, 0.2) is 0 Å². The van der Waals surface area contributed by atoms with E-state index in [1.165, 1.54) is 0 Å². The standard InChI is InChI=1S/C11H19N3O2/c1-8(7-15-2)6-9(12)10-11(16-3)14-5-4-13-10/h4-5,8-9H,6-7,12H2,1-3H3. The molecule has 2 N–H and O–H groups in total. The maximum Gasteiger partial charge on any atom is 0.236 e. The van der Waals surface area contributed by atoms with Gasteiger partial charge in [0.05, 0.1) is 13.2 Å². The van der Waals surface area contributed by atoms with E-state index in [2.05, 4.69) is 16.9 Å². The molecule has 1 aromatic rings. The number of nitrogens with zero attached hydrogens (tertiary/aromatic N) is 2. The van der Waals surface area contributed by atoms with Crippen molar-refractivity contribution in [1.82, 2.24) is 9.97 Å². The largest absolute Gasteiger partial charge is 0.480 e. The Morgan fingerprint density at radius 1 is 1.31 bits per heavy atom. The topological polar surface area (TPSA) is 70.3 Å². The minimum absolute atomic E-state index is 0.172. The van der Waals surface area contributed by atoms with E-state index in [4.69, 9.17) is 15.2 Å². The molecule has 0 saturated carbocycles. The molecule has 1 rings (SSSR count). The first-order valence-electron chi connectivity index (χ1n) is 5.28. The first-order chi connectivity index (χ1) is 7.69. The van der Waals surface area contributed by atoms with Crippen molar-refractivity contribution in [2.24, 2.45) is 11.7 Å². The van der Waals surface area contributed by atoms with Crippen LogP contribution in [-0.4, -0.2) is 30.8 Å². The Bertz CT molecular complexity index is 320. The fourth-order valence-electron chi connectivity index (χ4n) is 1.65. The fourth-order valence-corrected chi connectivity index (χ4v) is 1.65. The smallest absolute Gasteiger partial charge is 0.236 e. The van der Waals surface area contributed by atoms with Crippen LogP contribution < -0.4 is 10.5 Å². The van der Waals surface area contributed by atoms with Gasteiger partial charge in [-0.15, -0.1) is 0 Å². The highest BCUT2D eigenvalue weighted by Gasteiger charge is 2.17. The summed E-state index contributed by atoms with van der Waals surface area (Å²) in [5.41, 5.74) is 6.77. The SMILES string of the molecule is COCC(C)CC(N)c1nccnc1OC. The van der Waals surface area contributed by atoms with E-state index >= 15 is 0 Å². The van der Waals surface area contributed by atoms with Crippen molar-refractivity contribution in [2.45, 2.75) is 19.4 Å². The Hall–Kier alpha value is -1.20. The zero-order chi connectivity index (χ0) is 12.0. The summed E-state index contributed by atoms with van der Waals surface area (Å²) in [6.07, 6.45) is 4.01. The van der Waals surface area contributed by atoms with Crippen molar-refractivity contribution in [3.05, 3.63) is 18.1 Å². The zero-order valence-corrected chi connectivity index (χ0v) is 10.0. The van der Waals surface area contributed by atoms with Gasteiger partial charge in [0.1, 0.15) is 5.69 Å². The molecule has 0 amide bonds. The molecule has 0 aliphatic rings. The van der Waals surface area contributed by atoms with Crippen molar-refractivity contribution in [3.63, 3.8) is 0 Å². The van der Waals surface area contributed by atoms with Crippen LogP contribution in [0.3, 0.4) is 0 Å². The minimum Gasteiger partial charge on any atom is -0.480 e. The van der Waals surface area contributed by atoms with Gasteiger partial charge in [-0.05, 0) is 12.3 Å². The molecule has 0 aliphatic heterocycles. The van der Waals surface area contributed by atoms with Crippen LogP contribution in [0.1, 0.15) is 25.1 Å². The van der Waals surface area contributed by atoms with Crippen LogP contribution in [0.2, 0.25) is 0 Å². The number of rotatable bonds is 6. The third-order valence-electron chi connectivity index (χ3n) is 2.34. The summed E-state index contributed by atoms with van der Waals surface area (Å²) in [5, 5.41) is 0. The maximum absolute atomic E-state index is 6.06. The first-order valence-corrected chi connectivity index (χ1v) is 5.28. The van der Waals surface area contributed by atoms with Gasteiger partial charge in [0.25, 0.3) is 0 Å². The van der Waals surface area contributed by atoms with Crippen molar-refractivity contribution < 1.29 is 9.47 Å². The molecule has 5 heteroatoms. The van der Waals surface area contributed by atoms with Gasteiger partial charge in [-0.2, -0.15) is 0 Å².